The average molecular weight is 265 g/mol. The van der Waals surface area contributed by atoms with Crippen LogP contribution in [0, 0.1) is 11.6 Å². The molecule has 1 aromatic rings. The molecule has 0 aliphatic heterocycles. The highest BCUT2D eigenvalue weighted by molar-refractivity contribution is 7.89. The van der Waals surface area contributed by atoms with Gasteiger partial charge in [0.2, 0.25) is 10.0 Å². The Kier molecular flexibility index (Phi) is 4.55. The largest absolute Gasteiger partial charge is 0.392 e. The van der Waals surface area contributed by atoms with Crippen LogP contribution in [0.1, 0.15) is 13.3 Å². The number of nitrogens with one attached hydrogen (secondary N) is 1. The lowest BCUT2D eigenvalue weighted by molar-refractivity contribution is 0.174. The van der Waals surface area contributed by atoms with Crippen LogP contribution in [0.5, 0.6) is 0 Å². The van der Waals surface area contributed by atoms with Crippen LogP contribution in [-0.4, -0.2) is 26.2 Å². The molecule has 1 atom stereocenters. The van der Waals surface area contributed by atoms with Crippen LogP contribution >= 0.6 is 0 Å². The Bertz CT molecular complexity index is 470. The summed E-state index contributed by atoms with van der Waals surface area (Å²) in [4.78, 5) is -0.502. The molecule has 0 aliphatic rings. The molecule has 0 spiro atoms. The third-order valence-corrected chi connectivity index (χ3v) is 3.53. The zero-order chi connectivity index (χ0) is 13.1. The fourth-order valence-corrected chi connectivity index (χ4v) is 2.23. The molecule has 0 fully saturated rings. The molecule has 0 heterocycles. The Balaban J connectivity index is 2.89. The van der Waals surface area contributed by atoms with E-state index in [-0.39, 0.29) is 6.54 Å². The molecule has 1 unspecified atom stereocenters. The zero-order valence-corrected chi connectivity index (χ0v) is 9.97. The van der Waals surface area contributed by atoms with Crippen molar-refractivity contribution in [3.8, 4) is 0 Å². The molecule has 0 bridgehead atoms. The molecular weight excluding hydrogens is 252 g/mol. The molecule has 4 nitrogen and oxygen atoms in total. The van der Waals surface area contributed by atoms with E-state index in [4.69, 9.17) is 0 Å². The van der Waals surface area contributed by atoms with Gasteiger partial charge >= 0.3 is 0 Å². The highest BCUT2D eigenvalue weighted by Crippen LogP contribution is 2.13. The van der Waals surface area contributed by atoms with Gasteiger partial charge in [-0.25, -0.2) is 21.9 Å². The van der Waals surface area contributed by atoms with Crippen LogP contribution in [0.2, 0.25) is 0 Å². The maximum atomic E-state index is 12.8. The number of benzene rings is 1. The fourth-order valence-electron chi connectivity index (χ4n) is 1.12. The molecule has 0 aliphatic carbocycles. The quantitative estimate of drug-likeness (QED) is 0.835. The van der Waals surface area contributed by atoms with Gasteiger partial charge in [-0.2, -0.15) is 0 Å². The van der Waals surface area contributed by atoms with Gasteiger partial charge in [0.05, 0.1) is 11.0 Å². The third kappa shape index (κ3) is 4.03. The first-order valence-corrected chi connectivity index (χ1v) is 6.47. The summed E-state index contributed by atoms with van der Waals surface area (Å²) in [6, 6.07) is 2.01. The first kappa shape index (κ1) is 14.0. The maximum absolute atomic E-state index is 12.8. The van der Waals surface area contributed by atoms with Crippen LogP contribution in [-0.2, 0) is 10.0 Å². The van der Waals surface area contributed by atoms with Gasteiger partial charge in [-0.3, -0.25) is 0 Å². The lowest BCUT2D eigenvalue weighted by Gasteiger charge is -2.10. The number of hydrogen-bond acceptors (Lipinski definition) is 3. The molecule has 0 saturated heterocycles. The first-order valence-electron chi connectivity index (χ1n) is 4.99. The zero-order valence-electron chi connectivity index (χ0n) is 9.15. The Labute approximate surface area is 98.3 Å². The third-order valence-electron chi connectivity index (χ3n) is 2.13. The number of rotatable bonds is 5. The summed E-state index contributed by atoms with van der Waals surface area (Å²) in [6.07, 6.45) is -0.455. The molecular formula is C10H13F2NO3S. The summed E-state index contributed by atoms with van der Waals surface area (Å²) in [6.45, 7) is 1.48. The molecule has 17 heavy (non-hydrogen) atoms. The average Bonchev–Trinajstić information content (AvgIpc) is 2.24. The Morgan fingerprint density at radius 1 is 1.29 bits per heavy atom. The molecule has 2 N–H and O–H groups in total. The predicted molar refractivity (Wildman–Crippen MR) is 57.8 cm³/mol. The van der Waals surface area contributed by atoms with Crippen molar-refractivity contribution < 1.29 is 22.3 Å². The van der Waals surface area contributed by atoms with Crippen molar-refractivity contribution in [2.24, 2.45) is 0 Å². The van der Waals surface area contributed by atoms with E-state index in [1.165, 1.54) is 0 Å². The van der Waals surface area contributed by atoms with Gasteiger partial charge in [0, 0.05) is 12.6 Å². The maximum Gasteiger partial charge on any atom is 0.240 e. The van der Waals surface area contributed by atoms with Crippen molar-refractivity contribution in [2.75, 3.05) is 6.54 Å². The Morgan fingerprint density at radius 2 is 1.82 bits per heavy atom. The summed E-state index contributed by atoms with van der Waals surface area (Å²) in [7, 11) is -4.00. The smallest absolute Gasteiger partial charge is 0.240 e. The number of sulfonamides is 1. The van der Waals surface area contributed by atoms with Crippen LogP contribution in [0.4, 0.5) is 8.78 Å². The van der Waals surface area contributed by atoms with Gasteiger partial charge in [-0.1, -0.05) is 6.92 Å². The Hall–Kier alpha value is -1.05. The van der Waals surface area contributed by atoms with Gasteiger partial charge in [-0.05, 0) is 18.6 Å². The lowest BCUT2D eigenvalue weighted by atomic mass is 10.3. The molecule has 0 radical (unpaired) electrons. The summed E-state index contributed by atoms with van der Waals surface area (Å²) in [5.74, 6) is -1.94. The lowest BCUT2D eigenvalue weighted by Crippen LogP contribution is -2.31. The number of aliphatic hydroxyl groups is 1. The monoisotopic (exact) mass is 265 g/mol. The minimum absolute atomic E-state index is 0.197. The summed E-state index contributed by atoms with van der Waals surface area (Å²) >= 11 is 0. The molecule has 96 valence electrons. The number of hydrogen-bond donors (Lipinski definition) is 2. The van der Waals surface area contributed by atoms with Crippen molar-refractivity contribution in [1.82, 2.24) is 4.72 Å². The summed E-state index contributed by atoms with van der Waals surface area (Å²) < 4.78 is 51.0. The second-order valence-corrected chi connectivity index (χ2v) is 5.29. The van der Waals surface area contributed by atoms with E-state index in [0.29, 0.717) is 24.6 Å². The molecule has 0 aromatic heterocycles. The fraction of sp³-hybridized carbons (Fsp3) is 0.400. The van der Waals surface area contributed by atoms with Crippen molar-refractivity contribution in [2.45, 2.75) is 24.3 Å². The van der Waals surface area contributed by atoms with E-state index >= 15 is 0 Å². The van der Waals surface area contributed by atoms with Crippen molar-refractivity contribution in [3.05, 3.63) is 29.8 Å². The van der Waals surface area contributed by atoms with Gasteiger partial charge < -0.3 is 5.11 Å². The Morgan fingerprint density at radius 3 is 2.29 bits per heavy atom. The second-order valence-electron chi connectivity index (χ2n) is 3.52. The van der Waals surface area contributed by atoms with Gasteiger partial charge in [0.15, 0.2) is 0 Å². The van der Waals surface area contributed by atoms with Gasteiger partial charge in [0.25, 0.3) is 0 Å². The molecule has 0 amide bonds. The van der Waals surface area contributed by atoms with E-state index in [1.54, 1.807) is 6.92 Å². The number of aliphatic hydroxyl groups excluding tert-OH is 1. The minimum atomic E-state index is -4.00. The predicted octanol–water partition coefficient (Wildman–Crippen LogP) is 1.01. The molecule has 0 saturated carbocycles. The van der Waals surface area contributed by atoms with Crippen molar-refractivity contribution >= 4 is 10.0 Å². The highest BCUT2D eigenvalue weighted by atomic mass is 32.2. The standard InChI is InChI=1S/C10H13F2NO3S/c1-2-9(14)6-13-17(15,16)10-4-7(11)3-8(12)5-10/h3-5,9,13-14H,2,6H2,1H3. The normalized spacial score (nSPS) is 13.6. The highest BCUT2D eigenvalue weighted by Gasteiger charge is 2.17. The summed E-state index contributed by atoms with van der Waals surface area (Å²) in [5.41, 5.74) is 0. The van der Waals surface area contributed by atoms with Crippen molar-refractivity contribution in [1.29, 1.82) is 0 Å². The van der Waals surface area contributed by atoms with E-state index in [0.717, 1.165) is 0 Å². The van der Waals surface area contributed by atoms with E-state index in [9.17, 15) is 22.3 Å². The van der Waals surface area contributed by atoms with E-state index in [2.05, 4.69) is 4.72 Å². The van der Waals surface area contributed by atoms with E-state index in [1.807, 2.05) is 0 Å². The van der Waals surface area contributed by atoms with Crippen LogP contribution < -0.4 is 4.72 Å². The second kappa shape index (κ2) is 5.52. The van der Waals surface area contributed by atoms with Gasteiger partial charge in [0.1, 0.15) is 11.6 Å². The molecule has 7 heteroatoms. The topological polar surface area (TPSA) is 66.4 Å². The molecule has 1 rings (SSSR count). The van der Waals surface area contributed by atoms with Gasteiger partial charge in [-0.15, -0.1) is 0 Å². The number of halogens is 2. The van der Waals surface area contributed by atoms with Crippen molar-refractivity contribution in [3.63, 3.8) is 0 Å². The van der Waals surface area contributed by atoms with E-state index < -0.39 is 32.7 Å². The SMILES string of the molecule is CCC(O)CNS(=O)(=O)c1cc(F)cc(F)c1. The van der Waals surface area contributed by atoms with Crippen LogP contribution in [0.25, 0.3) is 0 Å². The van der Waals surface area contributed by atoms with Crippen LogP contribution in [0.3, 0.4) is 0 Å². The van der Waals surface area contributed by atoms with Crippen LogP contribution in [0.15, 0.2) is 23.1 Å². The first-order chi connectivity index (χ1) is 7.85. The molecule has 1 aromatic carbocycles. The minimum Gasteiger partial charge on any atom is -0.392 e. The summed E-state index contributed by atoms with van der Waals surface area (Å²) in [5, 5.41) is 9.20.